The van der Waals surface area contributed by atoms with E-state index in [0.717, 1.165) is 0 Å². The Morgan fingerprint density at radius 3 is 2.33 bits per heavy atom. The Kier molecular flexibility index (Phi) is 3.76. The molecule has 5 heteroatoms. The van der Waals surface area contributed by atoms with Crippen LogP contribution in [0.4, 0.5) is 0 Å². The molecule has 0 aliphatic rings. The third-order valence-corrected chi connectivity index (χ3v) is 2.34. The Balaban J connectivity index is 2.98. The molecule has 15 heavy (non-hydrogen) atoms. The Labute approximate surface area is 86.7 Å². The van der Waals surface area contributed by atoms with E-state index < -0.39 is 6.29 Å². The minimum Gasteiger partial charge on any atom is -0.368 e. The van der Waals surface area contributed by atoms with Gasteiger partial charge < -0.3 is 15.2 Å². The fourth-order valence-electron chi connectivity index (χ4n) is 1.49. The molecule has 3 N–H and O–H groups in total. The van der Waals surface area contributed by atoms with E-state index in [4.69, 9.17) is 10.2 Å². The summed E-state index contributed by atoms with van der Waals surface area (Å²) in [5.41, 5.74) is 2.04. The van der Waals surface area contributed by atoms with Gasteiger partial charge in [-0.2, -0.15) is 0 Å². The van der Waals surface area contributed by atoms with E-state index >= 15 is 0 Å². The highest BCUT2D eigenvalue weighted by Gasteiger charge is 2.13. The van der Waals surface area contributed by atoms with Crippen molar-refractivity contribution >= 4 is 12.6 Å². The summed E-state index contributed by atoms with van der Waals surface area (Å²) in [6.07, 6.45) is 0.346. The van der Waals surface area contributed by atoms with Gasteiger partial charge in [-0.05, 0) is 24.5 Å². The lowest BCUT2D eigenvalue weighted by atomic mass is 10.0. The molecule has 0 amide bonds. The first-order chi connectivity index (χ1) is 7.10. The van der Waals surface area contributed by atoms with Crippen molar-refractivity contribution in [1.82, 2.24) is 4.98 Å². The van der Waals surface area contributed by atoms with Crippen molar-refractivity contribution in [3.8, 4) is 0 Å². The number of aromatic amines is 1. The molecule has 0 saturated carbocycles. The SMILES string of the molecule is Cc1c(C=O)[nH]c(C=O)c1CCC(O)O. The summed E-state index contributed by atoms with van der Waals surface area (Å²) < 4.78 is 0. The van der Waals surface area contributed by atoms with Gasteiger partial charge in [0.15, 0.2) is 18.9 Å². The zero-order valence-corrected chi connectivity index (χ0v) is 8.36. The van der Waals surface area contributed by atoms with Gasteiger partial charge in [-0.1, -0.05) is 0 Å². The van der Waals surface area contributed by atoms with E-state index in [-0.39, 0.29) is 6.42 Å². The molecule has 82 valence electrons. The standard InChI is InChI=1S/C10H13NO4/c1-6-7(2-3-10(14)15)9(5-13)11-8(6)4-12/h4-5,10-11,14-15H,2-3H2,1H3. The summed E-state index contributed by atoms with van der Waals surface area (Å²) >= 11 is 0. The molecule has 1 heterocycles. The number of hydrogen-bond donors (Lipinski definition) is 3. The Hall–Kier alpha value is -1.46. The van der Waals surface area contributed by atoms with Gasteiger partial charge in [-0.3, -0.25) is 9.59 Å². The number of H-pyrrole nitrogens is 1. The highest BCUT2D eigenvalue weighted by Crippen LogP contribution is 2.18. The summed E-state index contributed by atoms with van der Waals surface area (Å²) in [6, 6.07) is 0. The number of aldehydes is 2. The first-order valence-electron chi connectivity index (χ1n) is 4.58. The van der Waals surface area contributed by atoms with E-state index in [0.29, 0.717) is 41.5 Å². The van der Waals surface area contributed by atoms with Crippen LogP contribution in [0.3, 0.4) is 0 Å². The molecule has 0 atom stereocenters. The first-order valence-corrected chi connectivity index (χ1v) is 4.58. The third kappa shape index (κ3) is 2.51. The summed E-state index contributed by atoms with van der Waals surface area (Å²) in [5.74, 6) is 0. The lowest BCUT2D eigenvalue weighted by molar-refractivity contribution is -0.0447. The van der Waals surface area contributed by atoms with Crippen molar-refractivity contribution in [2.24, 2.45) is 0 Å². The Morgan fingerprint density at radius 2 is 1.87 bits per heavy atom. The first kappa shape index (κ1) is 11.6. The van der Waals surface area contributed by atoms with Crippen LogP contribution in [0.15, 0.2) is 0 Å². The molecule has 0 aromatic carbocycles. The van der Waals surface area contributed by atoms with Crippen LogP contribution >= 0.6 is 0 Å². The summed E-state index contributed by atoms with van der Waals surface area (Å²) in [7, 11) is 0. The van der Waals surface area contributed by atoms with Gasteiger partial charge in [-0.15, -0.1) is 0 Å². The topological polar surface area (TPSA) is 90.4 Å². The van der Waals surface area contributed by atoms with Crippen molar-refractivity contribution in [2.45, 2.75) is 26.1 Å². The molecule has 0 radical (unpaired) electrons. The number of hydrogen-bond acceptors (Lipinski definition) is 4. The minimum absolute atomic E-state index is 0.137. The second-order valence-corrected chi connectivity index (χ2v) is 3.31. The summed E-state index contributed by atoms with van der Waals surface area (Å²) in [5, 5.41) is 17.4. The van der Waals surface area contributed by atoms with Crippen LogP contribution in [0.2, 0.25) is 0 Å². The average molecular weight is 211 g/mol. The van der Waals surface area contributed by atoms with Crippen LogP contribution in [0.1, 0.15) is 38.5 Å². The zero-order chi connectivity index (χ0) is 11.4. The number of carbonyl (C=O) groups is 2. The molecule has 0 spiro atoms. The molecule has 0 unspecified atom stereocenters. The van der Waals surface area contributed by atoms with E-state index in [1.165, 1.54) is 0 Å². The molecule has 5 nitrogen and oxygen atoms in total. The zero-order valence-electron chi connectivity index (χ0n) is 8.36. The van der Waals surface area contributed by atoms with Crippen LogP contribution < -0.4 is 0 Å². The Bertz CT molecular complexity index is 368. The fraction of sp³-hybridized carbons (Fsp3) is 0.400. The summed E-state index contributed by atoms with van der Waals surface area (Å²) in [6.45, 7) is 1.71. The van der Waals surface area contributed by atoms with Crippen LogP contribution in [0, 0.1) is 6.92 Å². The number of carbonyl (C=O) groups excluding carboxylic acids is 2. The van der Waals surface area contributed by atoms with Gasteiger partial charge in [0.05, 0.1) is 11.4 Å². The lowest BCUT2D eigenvalue weighted by Gasteiger charge is -2.03. The number of aromatic nitrogens is 1. The molecular weight excluding hydrogens is 198 g/mol. The normalized spacial score (nSPS) is 10.7. The lowest BCUT2D eigenvalue weighted by Crippen LogP contribution is -2.06. The van der Waals surface area contributed by atoms with Crippen LogP contribution in [0.5, 0.6) is 0 Å². The van der Waals surface area contributed by atoms with Gasteiger partial charge in [0.1, 0.15) is 0 Å². The van der Waals surface area contributed by atoms with E-state index in [9.17, 15) is 9.59 Å². The van der Waals surface area contributed by atoms with Crippen molar-refractivity contribution in [2.75, 3.05) is 0 Å². The fourth-order valence-corrected chi connectivity index (χ4v) is 1.49. The molecule has 0 bridgehead atoms. The molecule has 1 rings (SSSR count). The number of aliphatic hydroxyl groups excluding tert-OH is 1. The van der Waals surface area contributed by atoms with E-state index in [2.05, 4.69) is 4.98 Å². The Morgan fingerprint density at radius 1 is 1.27 bits per heavy atom. The molecule has 1 aromatic rings. The van der Waals surface area contributed by atoms with Gasteiger partial charge in [-0.25, -0.2) is 0 Å². The van der Waals surface area contributed by atoms with Gasteiger partial charge in [0, 0.05) is 6.42 Å². The average Bonchev–Trinajstić information content (AvgIpc) is 2.51. The molecule has 0 aliphatic carbocycles. The van der Waals surface area contributed by atoms with Gasteiger partial charge >= 0.3 is 0 Å². The van der Waals surface area contributed by atoms with Crippen LogP contribution in [-0.2, 0) is 6.42 Å². The van der Waals surface area contributed by atoms with Crippen LogP contribution in [0.25, 0.3) is 0 Å². The molecule has 0 aliphatic heterocycles. The summed E-state index contributed by atoms with van der Waals surface area (Å²) in [4.78, 5) is 24.0. The predicted octanol–water partition coefficient (Wildman–Crippen LogP) is 0.191. The van der Waals surface area contributed by atoms with E-state index in [1.807, 2.05) is 0 Å². The van der Waals surface area contributed by atoms with Gasteiger partial charge in [0.2, 0.25) is 0 Å². The maximum Gasteiger partial charge on any atom is 0.166 e. The third-order valence-electron chi connectivity index (χ3n) is 2.34. The van der Waals surface area contributed by atoms with Crippen molar-refractivity contribution in [3.63, 3.8) is 0 Å². The smallest absolute Gasteiger partial charge is 0.166 e. The van der Waals surface area contributed by atoms with Crippen LogP contribution in [-0.4, -0.2) is 34.1 Å². The van der Waals surface area contributed by atoms with E-state index in [1.54, 1.807) is 6.92 Å². The number of aliphatic hydroxyl groups is 2. The molecular formula is C10H13NO4. The largest absolute Gasteiger partial charge is 0.368 e. The second kappa shape index (κ2) is 4.86. The monoisotopic (exact) mass is 211 g/mol. The maximum atomic E-state index is 10.7. The minimum atomic E-state index is -1.40. The second-order valence-electron chi connectivity index (χ2n) is 3.31. The highest BCUT2D eigenvalue weighted by molar-refractivity contribution is 5.83. The maximum absolute atomic E-state index is 10.7. The number of nitrogens with one attached hydrogen (secondary N) is 1. The molecule has 0 saturated heterocycles. The predicted molar refractivity (Wildman–Crippen MR) is 52.9 cm³/mol. The van der Waals surface area contributed by atoms with Gasteiger partial charge in [0.25, 0.3) is 0 Å². The molecule has 1 aromatic heterocycles. The highest BCUT2D eigenvalue weighted by atomic mass is 16.5. The quantitative estimate of drug-likeness (QED) is 0.479. The van der Waals surface area contributed by atoms with Crippen molar-refractivity contribution in [1.29, 1.82) is 0 Å². The van der Waals surface area contributed by atoms with Crippen molar-refractivity contribution in [3.05, 3.63) is 22.5 Å². The van der Waals surface area contributed by atoms with Crippen molar-refractivity contribution < 1.29 is 19.8 Å². The molecule has 0 fully saturated rings. The number of rotatable bonds is 5.